The summed E-state index contributed by atoms with van der Waals surface area (Å²) in [5, 5.41) is 20.5. The Morgan fingerprint density at radius 2 is 0.593 bits per heavy atom. The molecule has 0 rings (SSSR count). The zero-order valence-electron chi connectivity index (χ0n) is 56.0. The summed E-state index contributed by atoms with van der Waals surface area (Å²) in [6.07, 6.45) is 77.6. The molecule has 0 aliphatic heterocycles. The lowest BCUT2D eigenvalue weighted by Crippen LogP contribution is -2.30. The quantitative estimate of drug-likeness (QED) is 0.0146. The predicted molar refractivity (Wildman–Crippen MR) is 371 cm³/mol. The minimum Gasteiger partial charge on any atom is -0.463 e. The van der Waals surface area contributed by atoms with Crippen LogP contribution in [0.15, 0.2) is 146 Å². The van der Waals surface area contributed by atoms with E-state index in [2.05, 4.69) is 154 Å². The summed E-state index contributed by atoms with van der Waals surface area (Å²) in [4.78, 5) is 58.4. The highest BCUT2D eigenvalue weighted by atomic mass is 31.2. The molecule has 0 aromatic carbocycles. The molecule has 0 amide bonds. The van der Waals surface area contributed by atoms with Gasteiger partial charge in [0, 0.05) is 19.3 Å². The van der Waals surface area contributed by atoms with Crippen LogP contribution >= 0.6 is 15.6 Å². The van der Waals surface area contributed by atoms with Crippen LogP contribution in [0.2, 0.25) is 0 Å². The molecule has 0 saturated carbocycles. The fraction of sp³-hybridized carbons (Fsp3) is 0.630. The van der Waals surface area contributed by atoms with Gasteiger partial charge < -0.3 is 34.2 Å². The largest absolute Gasteiger partial charge is 0.472 e. The minimum atomic E-state index is -4.95. The van der Waals surface area contributed by atoms with Gasteiger partial charge in [-0.3, -0.25) is 32.5 Å². The zero-order chi connectivity index (χ0) is 66.7. The van der Waals surface area contributed by atoms with Crippen LogP contribution in [0.25, 0.3) is 0 Å². The zero-order valence-corrected chi connectivity index (χ0v) is 57.7. The summed E-state index contributed by atoms with van der Waals surface area (Å²) in [5.41, 5.74) is 0. The second-order valence-corrected chi connectivity index (χ2v) is 25.1. The molecular weight excluding hydrogens is 1190 g/mol. The molecule has 0 aliphatic rings. The molecule has 0 bridgehead atoms. The summed E-state index contributed by atoms with van der Waals surface area (Å²) in [6.45, 7) is 2.29. The smallest absolute Gasteiger partial charge is 0.463 e. The molecule has 0 spiro atoms. The molecule has 91 heavy (non-hydrogen) atoms. The number of aliphatic hydroxyl groups excluding tert-OH is 2. The van der Waals surface area contributed by atoms with Crippen molar-refractivity contribution in [1.29, 1.82) is 0 Å². The van der Waals surface area contributed by atoms with Gasteiger partial charge >= 0.3 is 33.6 Å². The number of esters is 3. The van der Waals surface area contributed by atoms with Crippen LogP contribution in [0.1, 0.15) is 239 Å². The van der Waals surface area contributed by atoms with Gasteiger partial charge in [-0.05, 0) is 135 Å². The van der Waals surface area contributed by atoms with E-state index in [9.17, 15) is 43.5 Å². The number of hydrogen-bond donors (Lipinski definition) is 4. The van der Waals surface area contributed by atoms with Crippen molar-refractivity contribution in [2.75, 3.05) is 39.6 Å². The third kappa shape index (κ3) is 66.7. The van der Waals surface area contributed by atoms with Crippen LogP contribution in [0.4, 0.5) is 0 Å². The third-order valence-corrected chi connectivity index (χ3v) is 15.4. The number of hydrogen-bond acceptors (Lipinski definition) is 14. The first-order valence-corrected chi connectivity index (χ1v) is 37.1. The lowest BCUT2D eigenvalue weighted by atomic mass is 10.1. The van der Waals surface area contributed by atoms with Gasteiger partial charge in [0.2, 0.25) is 0 Å². The van der Waals surface area contributed by atoms with Gasteiger partial charge in [-0.15, -0.1) is 0 Å². The van der Waals surface area contributed by atoms with Crippen molar-refractivity contribution < 1.29 is 75.8 Å². The number of phosphoric acid groups is 2. The van der Waals surface area contributed by atoms with Gasteiger partial charge in [0.05, 0.1) is 26.4 Å². The van der Waals surface area contributed by atoms with E-state index in [0.717, 1.165) is 154 Å². The summed E-state index contributed by atoms with van der Waals surface area (Å²) >= 11 is 0. The fourth-order valence-electron chi connectivity index (χ4n) is 8.37. The summed E-state index contributed by atoms with van der Waals surface area (Å²) in [6, 6.07) is 0. The molecule has 18 heteroatoms. The SMILES string of the molecule is CC/C=C\C/C=C\C/C=C\C/C=C\C/C=C\CCCC(=O)OC(COC(=O)CCCCCCCC/C=C\C/C=C\C/C=C\CCCCC)COP(=O)(O)OCC(O)COP(=O)(O)OCC(O)COC(=O)CCCCCCCC/C=C\C/C=C\C/C=C\C/C=C\CC. The first kappa shape index (κ1) is 86.4. The maximum atomic E-state index is 12.9. The van der Waals surface area contributed by atoms with E-state index in [1.807, 2.05) is 12.2 Å². The molecule has 5 unspecified atom stereocenters. The monoisotopic (exact) mass is 1310 g/mol. The van der Waals surface area contributed by atoms with Crippen molar-refractivity contribution in [3.8, 4) is 0 Å². The Bertz CT molecular complexity index is 2240. The number of ether oxygens (including phenoxy) is 3. The van der Waals surface area contributed by atoms with Crippen LogP contribution in [-0.4, -0.2) is 95.9 Å². The maximum absolute atomic E-state index is 12.9. The van der Waals surface area contributed by atoms with E-state index >= 15 is 0 Å². The van der Waals surface area contributed by atoms with Gasteiger partial charge in [-0.25, -0.2) is 9.13 Å². The van der Waals surface area contributed by atoms with Crippen molar-refractivity contribution in [3.63, 3.8) is 0 Å². The Labute approximate surface area is 549 Å². The van der Waals surface area contributed by atoms with Crippen molar-refractivity contribution in [1.82, 2.24) is 0 Å². The number of carbonyl (C=O) groups is 3. The highest BCUT2D eigenvalue weighted by molar-refractivity contribution is 7.47. The fourth-order valence-corrected chi connectivity index (χ4v) is 9.95. The molecule has 0 aromatic heterocycles. The summed E-state index contributed by atoms with van der Waals surface area (Å²) in [5.74, 6) is -1.68. The minimum absolute atomic E-state index is 0.0178. The molecule has 0 radical (unpaired) electrons. The molecule has 518 valence electrons. The molecular formula is C73H120O16P2. The second-order valence-electron chi connectivity index (χ2n) is 22.2. The molecule has 0 aromatic rings. The average molecular weight is 1320 g/mol. The van der Waals surface area contributed by atoms with E-state index < -0.39 is 91.5 Å². The highest BCUT2D eigenvalue weighted by Crippen LogP contribution is 2.45. The predicted octanol–water partition coefficient (Wildman–Crippen LogP) is 19.0. The highest BCUT2D eigenvalue weighted by Gasteiger charge is 2.29. The Morgan fingerprint density at radius 3 is 0.956 bits per heavy atom. The lowest BCUT2D eigenvalue weighted by Gasteiger charge is -2.21. The van der Waals surface area contributed by atoms with Crippen LogP contribution < -0.4 is 0 Å². The maximum Gasteiger partial charge on any atom is 0.472 e. The molecule has 4 N–H and O–H groups in total. The van der Waals surface area contributed by atoms with E-state index in [-0.39, 0.29) is 19.3 Å². The standard InChI is InChI=1S/C73H120O16P2/c1-4-7-10-13-16-19-22-25-28-31-33-36-38-41-44-47-50-53-56-59-71(76)83-62-68(74)63-85-90(79,80)86-64-69(75)65-87-91(81,82)88-67-70(89-73(78)61-58-55-52-49-46-43-40-35-30-27-24-21-18-15-12-9-6-3)66-84-72(77)60-57-54-51-48-45-42-39-37-34-32-29-26-23-20-17-14-11-8-5-2/h7,9-10,12,16-21,25-30,33-34,36-37,40,43,49,52,68-70,74-75H,4-6,8,11,13-15,22-24,31-32,35,38-39,41-42,44-48,50-51,53-67H2,1-3H3,(H,79,80)(H,81,82)/b10-7-,12-9-,19-16-,20-17-,21-18-,28-25-,29-26-,30-27-,36-33-,37-34-,43-40-,52-49-. The number of unbranched alkanes of at least 4 members (excludes halogenated alkanes) is 16. The molecule has 0 fully saturated rings. The van der Waals surface area contributed by atoms with E-state index in [4.69, 9.17) is 32.3 Å². The number of carbonyl (C=O) groups excluding carboxylic acids is 3. The van der Waals surface area contributed by atoms with Crippen molar-refractivity contribution in [3.05, 3.63) is 146 Å². The summed E-state index contributed by atoms with van der Waals surface area (Å²) in [7, 11) is -9.81. The van der Waals surface area contributed by atoms with Crippen molar-refractivity contribution >= 4 is 33.6 Å². The van der Waals surface area contributed by atoms with E-state index in [1.54, 1.807) is 0 Å². The third-order valence-electron chi connectivity index (χ3n) is 13.5. The van der Waals surface area contributed by atoms with Gasteiger partial charge in [0.15, 0.2) is 6.10 Å². The van der Waals surface area contributed by atoms with E-state index in [1.165, 1.54) is 19.3 Å². The number of aliphatic hydroxyl groups is 2. The van der Waals surface area contributed by atoms with Crippen molar-refractivity contribution in [2.45, 2.75) is 257 Å². The Balaban J connectivity index is 4.79. The molecule has 5 atom stereocenters. The van der Waals surface area contributed by atoms with Crippen LogP contribution in [0, 0.1) is 0 Å². The number of rotatable bonds is 63. The molecule has 0 aliphatic carbocycles. The number of allylic oxidation sites excluding steroid dienone is 24. The van der Waals surface area contributed by atoms with Gasteiger partial charge in [0.1, 0.15) is 25.4 Å². The van der Waals surface area contributed by atoms with Crippen LogP contribution in [-0.2, 0) is 55.8 Å². The van der Waals surface area contributed by atoms with Crippen LogP contribution in [0.3, 0.4) is 0 Å². The Hall–Kier alpha value is -4.57. The summed E-state index contributed by atoms with van der Waals surface area (Å²) < 4.78 is 60.8. The first-order valence-electron chi connectivity index (χ1n) is 34.1. The van der Waals surface area contributed by atoms with Gasteiger partial charge in [-0.1, -0.05) is 231 Å². The lowest BCUT2D eigenvalue weighted by molar-refractivity contribution is -0.161. The van der Waals surface area contributed by atoms with Crippen LogP contribution in [0.5, 0.6) is 0 Å². The number of phosphoric ester groups is 2. The second kappa shape index (κ2) is 65.5. The van der Waals surface area contributed by atoms with Gasteiger partial charge in [0.25, 0.3) is 0 Å². The van der Waals surface area contributed by atoms with Gasteiger partial charge in [-0.2, -0.15) is 0 Å². The normalized spacial score (nSPS) is 15.1. The average Bonchev–Trinajstić information content (AvgIpc) is 3.75. The Kier molecular flexibility index (Phi) is 62.2. The van der Waals surface area contributed by atoms with Crippen molar-refractivity contribution in [2.24, 2.45) is 0 Å². The molecule has 16 nitrogen and oxygen atoms in total. The Morgan fingerprint density at radius 1 is 0.319 bits per heavy atom. The molecule has 0 heterocycles. The molecule has 0 saturated heterocycles. The topological polar surface area (TPSA) is 231 Å². The van der Waals surface area contributed by atoms with E-state index in [0.29, 0.717) is 25.7 Å². The first-order chi connectivity index (χ1) is 44.2.